The molecule has 0 atom stereocenters. The smallest absolute Gasteiger partial charge is 0.218 e. The van der Waals surface area contributed by atoms with Gasteiger partial charge < -0.3 is 0 Å². The highest BCUT2D eigenvalue weighted by atomic mass is 35.5. The van der Waals surface area contributed by atoms with Crippen LogP contribution in [-0.4, -0.2) is 9.97 Å². The zero-order valence-corrected chi connectivity index (χ0v) is 15.3. The van der Waals surface area contributed by atoms with E-state index in [1.54, 1.807) is 0 Å². The number of hydrogen-bond donors (Lipinski definition) is 0. The summed E-state index contributed by atoms with van der Waals surface area (Å²) in [5, 5.41) is 2.79. The van der Waals surface area contributed by atoms with Crippen molar-refractivity contribution >= 4 is 43.1 Å². The minimum atomic E-state index is 0.261. The summed E-state index contributed by atoms with van der Waals surface area (Å²) in [6, 6.07) is 27.0. The fraction of sp³-hybridized carbons (Fsp3) is 0. The van der Waals surface area contributed by atoms with Gasteiger partial charge in [-0.1, -0.05) is 54.6 Å². The van der Waals surface area contributed by atoms with Gasteiger partial charge in [-0.15, -0.1) is 11.3 Å². The van der Waals surface area contributed by atoms with Crippen molar-refractivity contribution in [3.63, 3.8) is 0 Å². The normalized spacial score (nSPS) is 11.3. The molecule has 0 spiro atoms. The fourth-order valence-corrected chi connectivity index (χ4v) is 4.48. The Bertz CT molecular complexity index is 1250. The zero-order valence-electron chi connectivity index (χ0n) is 13.7. The summed E-state index contributed by atoms with van der Waals surface area (Å²) in [5.74, 6) is 0. The molecule has 0 aliphatic heterocycles. The fourth-order valence-electron chi connectivity index (χ4n) is 3.21. The van der Waals surface area contributed by atoms with Gasteiger partial charge in [-0.3, -0.25) is 0 Å². The van der Waals surface area contributed by atoms with E-state index >= 15 is 0 Å². The molecule has 0 N–H and O–H groups in total. The maximum absolute atomic E-state index is 6.22. The first-order valence-corrected chi connectivity index (χ1v) is 9.49. The van der Waals surface area contributed by atoms with Crippen LogP contribution in [0.4, 0.5) is 0 Å². The van der Waals surface area contributed by atoms with Gasteiger partial charge in [-0.25, -0.2) is 9.97 Å². The molecule has 5 aromatic rings. The molecule has 0 saturated carbocycles. The minimum Gasteiger partial charge on any atom is -0.218 e. The van der Waals surface area contributed by atoms with Crippen LogP contribution in [0.1, 0.15) is 0 Å². The highest BCUT2D eigenvalue weighted by Crippen LogP contribution is 2.36. The number of thiophene rings is 1. The van der Waals surface area contributed by atoms with E-state index in [0.717, 1.165) is 22.5 Å². The lowest BCUT2D eigenvalue weighted by atomic mass is 10.0. The molecule has 2 heterocycles. The van der Waals surface area contributed by atoms with E-state index in [1.807, 2.05) is 47.7 Å². The molecule has 5 rings (SSSR count). The first-order chi connectivity index (χ1) is 12.8. The van der Waals surface area contributed by atoms with E-state index in [0.29, 0.717) is 0 Å². The molecule has 26 heavy (non-hydrogen) atoms. The molecule has 0 radical (unpaired) electrons. The number of benzene rings is 3. The van der Waals surface area contributed by atoms with Crippen molar-refractivity contribution in [3.8, 4) is 22.5 Å². The van der Waals surface area contributed by atoms with Crippen LogP contribution in [-0.2, 0) is 0 Å². The van der Waals surface area contributed by atoms with E-state index < -0.39 is 0 Å². The minimum absolute atomic E-state index is 0.261. The predicted molar refractivity (Wildman–Crippen MR) is 111 cm³/mol. The van der Waals surface area contributed by atoms with Crippen LogP contribution < -0.4 is 0 Å². The van der Waals surface area contributed by atoms with Gasteiger partial charge in [0, 0.05) is 31.3 Å². The molecule has 0 fully saturated rings. The van der Waals surface area contributed by atoms with E-state index in [1.165, 1.54) is 20.2 Å². The largest absolute Gasteiger partial charge is 0.223 e. The lowest BCUT2D eigenvalue weighted by molar-refractivity contribution is 1.18. The Labute approximate surface area is 159 Å². The monoisotopic (exact) mass is 372 g/mol. The summed E-state index contributed by atoms with van der Waals surface area (Å²) < 4.78 is 2.57. The van der Waals surface area contributed by atoms with E-state index in [2.05, 4.69) is 52.4 Å². The summed E-state index contributed by atoms with van der Waals surface area (Å²) >= 11 is 8.03. The van der Waals surface area contributed by atoms with Crippen LogP contribution in [0, 0.1) is 0 Å². The van der Waals surface area contributed by atoms with Crippen LogP contribution in [0.15, 0.2) is 78.9 Å². The standard InChI is InChI=1S/C22H13ClN2S/c23-22-24-18(14-6-2-1-3-7-14)13-19(25-22)15-10-11-21-17(12-15)16-8-4-5-9-20(16)26-21/h1-13H. The third-order valence-electron chi connectivity index (χ3n) is 4.44. The van der Waals surface area contributed by atoms with Gasteiger partial charge in [0.2, 0.25) is 5.28 Å². The molecule has 0 aliphatic carbocycles. The van der Waals surface area contributed by atoms with Crippen molar-refractivity contribution < 1.29 is 0 Å². The van der Waals surface area contributed by atoms with Crippen molar-refractivity contribution in [1.82, 2.24) is 9.97 Å². The third-order valence-corrected chi connectivity index (χ3v) is 5.76. The second-order valence-electron chi connectivity index (χ2n) is 6.08. The van der Waals surface area contributed by atoms with Gasteiger partial charge in [0.25, 0.3) is 0 Å². The summed E-state index contributed by atoms with van der Waals surface area (Å²) in [7, 11) is 0. The van der Waals surface area contributed by atoms with Crippen LogP contribution in [0.2, 0.25) is 5.28 Å². The second-order valence-corrected chi connectivity index (χ2v) is 7.50. The predicted octanol–water partition coefficient (Wildman–Crippen LogP) is 6.83. The number of halogens is 1. The Morgan fingerprint density at radius 3 is 2.15 bits per heavy atom. The maximum Gasteiger partial charge on any atom is 0.223 e. The molecule has 4 heteroatoms. The highest BCUT2D eigenvalue weighted by molar-refractivity contribution is 7.25. The van der Waals surface area contributed by atoms with Crippen LogP contribution >= 0.6 is 22.9 Å². The number of hydrogen-bond acceptors (Lipinski definition) is 3. The Morgan fingerprint density at radius 2 is 1.31 bits per heavy atom. The average Bonchev–Trinajstić information content (AvgIpc) is 3.06. The zero-order chi connectivity index (χ0) is 17.5. The highest BCUT2D eigenvalue weighted by Gasteiger charge is 2.10. The molecule has 124 valence electrons. The summed E-state index contributed by atoms with van der Waals surface area (Å²) in [6.45, 7) is 0. The van der Waals surface area contributed by atoms with E-state index in [4.69, 9.17) is 11.6 Å². The van der Waals surface area contributed by atoms with Gasteiger partial charge in [0.1, 0.15) is 0 Å². The quantitative estimate of drug-likeness (QED) is 0.317. The van der Waals surface area contributed by atoms with Gasteiger partial charge in [0.05, 0.1) is 11.4 Å². The molecule has 0 unspecified atom stereocenters. The number of rotatable bonds is 2. The summed E-state index contributed by atoms with van der Waals surface area (Å²) in [5.41, 5.74) is 3.74. The SMILES string of the molecule is Clc1nc(-c2ccccc2)cc(-c2ccc3sc4ccccc4c3c2)n1. The lowest BCUT2D eigenvalue weighted by Gasteiger charge is -2.06. The van der Waals surface area contributed by atoms with Crippen LogP contribution in [0.25, 0.3) is 42.7 Å². The second kappa shape index (κ2) is 6.20. The maximum atomic E-state index is 6.22. The van der Waals surface area contributed by atoms with Gasteiger partial charge >= 0.3 is 0 Å². The number of aromatic nitrogens is 2. The lowest BCUT2D eigenvalue weighted by Crippen LogP contribution is -1.91. The molecule has 0 amide bonds. The van der Waals surface area contributed by atoms with Crippen molar-refractivity contribution in [1.29, 1.82) is 0 Å². The van der Waals surface area contributed by atoms with Gasteiger partial charge in [0.15, 0.2) is 0 Å². The van der Waals surface area contributed by atoms with Crippen molar-refractivity contribution in [3.05, 3.63) is 84.1 Å². The molecule has 2 nitrogen and oxygen atoms in total. The van der Waals surface area contributed by atoms with Gasteiger partial charge in [-0.05, 0) is 35.9 Å². The topological polar surface area (TPSA) is 25.8 Å². The molecular formula is C22H13ClN2S. The Morgan fingerprint density at radius 1 is 0.615 bits per heavy atom. The molecule has 2 aromatic heterocycles. The molecule has 0 aliphatic rings. The van der Waals surface area contributed by atoms with Crippen LogP contribution in [0.5, 0.6) is 0 Å². The third kappa shape index (κ3) is 2.66. The van der Waals surface area contributed by atoms with E-state index in [9.17, 15) is 0 Å². The molecule has 3 aromatic carbocycles. The van der Waals surface area contributed by atoms with Crippen molar-refractivity contribution in [2.45, 2.75) is 0 Å². The number of fused-ring (bicyclic) bond motifs is 3. The van der Waals surface area contributed by atoms with Gasteiger partial charge in [-0.2, -0.15) is 0 Å². The average molecular weight is 373 g/mol. The Balaban J connectivity index is 1.70. The molecule has 0 bridgehead atoms. The molecule has 0 saturated heterocycles. The summed E-state index contributed by atoms with van der Waals surface area (Å²) in [4.78, 5) is 8.85. The van der Waals surface area contributed by atoms with Crippen molar-refractivity contribution in [2.75, 3.05) is 0 Å². The first kappa shape index (κ1) is 15.5. The van der Waals surface area contributed by atoms with Crippen molar-refractivity contribution in [2.24, 2.45) is 0 Å². The number of nitrogens with zero attached hydrogens (tertiary/aromatic N) is 2. The first-order valence-electron chi connectivity index (χ1n) is 8.30. The van der Waals surface area contributed by atoms with Crippen LogP contribution in [0.3, 0.4) is 0 Å². The van der Waals surface area contributed by atoms with E-state index in [-0.39, 0.29) is 5.28 Å². The summed E-state index contributed by atoms with van der Waals surface area (Å²) in [6.07, 6.45) is 0. The Hall–Kier alpha value is -2.75. The molecular weight excluding hydrogens is 360 g/mol. The Kier molecular flexibility index (Phi) is 3.70.